The Kier molecular flexibility index (Phi) is 17.7. The molecule has 0 atom stereocenters. The van der Waals surface area contributed by atoms with Crippen molar-refractivity contribution in [3.63, 3.8) is 0 Å². The molecule has 4 heteroatoms. The summed E-state index contributed by atoms with van der Waals surface area (Å²) in [4.78, 5) is 11.7. The van der Waals surface area contributed by atoms with E-state index < -0.39 is 10.0 Å². The van der Waals surface area contributed by atoms with Gasteiger partial charge < -0.3 is 5.11 Å². The molecule has 0 saturated carbocycles. The second-order valence-electron chi connectivity index (χ2n) is 7.19. The molecular weight excluding hydrogens is 348 g/mol. The molecule has 25 heavy (non-hydrogen) atoms. The van der Waals surface area contributed by atoms with Gasteiger partial charge in [-0.15, -0.1) is 23.5 Å². The summed E-state index contributed by atoms with van der Waals surface area (Å²) in [6.07, 6.45) is 18.1. The van der Waals surface area contributed by atoms with Crippen molar-refractivity contribution in [3.05, 3.63) is 0 Å². The van der Waals surface area contributed by atoms with E-state index >= 15 is 0 Å². The molecule has 0 bridgehead atoms. The molecule has 0 aliphatic carbocycles. The van der Waals surface area contributed by atoms with Crippen LogP contribution in [0.2, 0.25) is 0 Å². The maximum atomic E-state index is 11.7. The van der Waals surface area contributed by atoms with Gasteiger partial charge in [0.2, 0.25) is 0 Å². The van der Waals surface area contributed by atoms with E-state index in [9.17, 15) is 9.90 Å². The van der Waals surface area contributed by atoms with Crippen molar-refractivity contribution >= 4 is 29.5 Å². The Bertz CT molecular complexity index is 288. The zero-order valence-corrected chi connectivity index (χ0v) is 18.6. The Morgan fingerprint density at radius 3 is 1.32 bits per heavy atom. The topological polar surface area (TPSA) is 37.3 Å². The number of carbonyl (C=O) groups is 1. The summed E-state index contributed by atoms with van der Waals surface area (Å²) in [6.45, 7) is 6.38. The van der Waals surface area contributed by atoms with E-state index in [1.54, 1.807) is 23.5 Å². The van der Waals surface area contributed by atoms with Crippen LogP contribution in [0.3, 0.4) is 0 Å². The lowest BCUT2D eigenvalue weighted by Gasteiger charge is -2.23. The van der Waals surface area contributed by atoms with Gasteiger partial charge in [-0.05, 0) is 31.3 Å². The Labute approximate surface area is 165 Å². The number of carboxylic acids is 1. The van der Waals surface area contributed by atoms with Crippen molar-refractivity contribution < 1.29 is 9.90 Å². The summed E-state index contributed by atoms with van der Waals surface area (Å²) < 4.78 is -0.662. The fraction of sp³-hybridized carbons (Fsp3) is 0.952. The molecule has 0 unspecified atom stereocenters. The number of carboxylic acid groups (broad SMARTS) is 1. The average Bonchev–Trinajstić information content (AvgIpc) is 2.59. The second kappa shape index (κ2) is 17.6. The SMILES string of the molecule is CCCCCCCCCSC(C)(SCCCCCCCCC)C(=O)O. The number of rotatable bonds is 19. The van der Waals surface area contributed by atoms with E-state index in [1.807, 2.05) is 6.92 Å². The first kappa shape index (κ1) is 25.2. The lowest BCUT2D eigenvalue weighted by atomic mass is 10.1. The van der Waals surface area contributed by atoms with E-state index in [0.717, 1.165) is 24.3 Å². The minimum Gasteiger partial charge on any atom is -0.480 e. The number of thioether (sulfide) groups is 2. The molecule has 0 rings (SSSR count). The zero-order chi connectivity index (χ0) is 18.8. The van der Waals surface area contributed by atoms with E-state index in [0.29, 0.717) is 0 Å². The molecule has 0 amide bonds. The average molecular weight is 391 g/mol. The van der Waals surface area contributed by atoms with Crippen LogP contribution in [0.4, 0.5) is 0 Å². The molecule has 0 saturated heterocycles. The maximum Gasteiger partial charge on any atom is 0.329 e. The van der Waals surface area contributed by atoms with Crippen LogP contribution in [-0.2, 0) is 4.79 Å². The Hall–Kier alpha value is 0.170. The molecule has 0 aromatic rings. The molecule has 0 spiro atoms. The van der Waals surface area contributed by atoms with Gasteiger partial charge in [0.05, 0.1) is 0 Å². The highest BCUT2D eigenvalue weighted by atomic mass is 32.2. The van der Waals surface area contributed by atoms with Crippen molar-refractivity contribution in [1.29, 1.82) is 0 Å². The minimum absolute atomic E-state index is 0.659. The summed E-state index contributed by atoms with van der Waals surface area (Å²) >= 11 is 3.28. The third-order valence-corrected chi connectivity index (χ3v) is 7.78. The molecule has 0 radical (unpaired) electrons. The summed E-state index contributed by atoms with van der Waals surface area (Å²) in [6, 6.07) is 0. The van der Waals surface area contributed by atoms with Crippen molar-refractivity contribution in [1.82, 2.24) is 0 Å². The van der Waals surface area contributed by atoms with Crippen molar-refractivity contribution in [2.75, 3.05) is 11.5 Å². The molecule has 0 heterocycles. The predicted octanol–water partition coefficient (Wildman–Crippen LogP) is 7.75. The first-order valence-electron chi connectivity index (χ1n) is 10.6. The number of unbranched alkanes of at least 4 members (excludes halogenated alkanes) is 12. The van der Waals surface area contributed by atoms with Crippen molar-refractivity contribution in [2.45, 2.75) is 115 Å². The highest BCUT2D eigenvalue weighted by Gasteiger charge is 2.33. The van der Waals surface area contributed by atoms with E-state index in [-0.39, 0.29) is 0 Å². The summed E-state index contributed by atoms with van der Waals surface area (Å²) in [5.41, 5.74) is 0. The van der Waals surface area contributed by atoms with Crippen LogP contribution >= 0.6 is 23.5 Å². The van der Waals surface area contributed by atoms with Crippen LogP contribution in [-0.4, -0.2) is 26.7 Å². The monoisotopic (exact) mass is 390 g/mol. The molecule has 0 aromatic carbocycles. The molecule has 1 N–H and O–H groups in total. The van der Waals surface area contributed by atoms with Gasteiger partial charge in [-0.3, -0.25) is 0 Å². The Morgan fingerprint density at radius 2 is 1.00 bits per heavy atom. The van der Waals surface area contributed by atoms with Crippen LogP contribution < -0.4 is 0 Å². The van der Waals surface area contributed by atoms with Crippen molar-refractivity contribution in [2.24, 2.45) is 0 Å². The lowest BCUT2D eigenvalue weighted by molar-refractivity contribution is -0.136. The first-order valence-corrected chi connectivity index (χ1v) is 12.5. The highest BCUT2D eigenvalue weighted by molar-refractivity contribution is 8.19. The summed E-state index contributed by atoms with van der Waals surface area (Å²) in [5, 5.41) is 9.59. The Morgan fingerprint density at radius 1 is 0.680 bits per heavy atom. The summed E-state index contributed by atoms with van der Waals surface area (Å²) in [5.74, 6) is 1.29. The van der Waals surface area contributed by atoms with Gasteiger partial charge in [-0.2, -0.15) is 0 Å². The van der Waals surface area contributed by atoms with Crippen molar-refractivity contribution in [3.8, 4) is 0 Å². The van der Waals surface area contributed by atoms with E-state index in [1.165, 1.54) is 77.0 Å². The fourth-order valence-electron chi connectivity index (χ4n) is 2.82. The smallest absolute Gasteiger partial charge is 0.329 e. The zero-order valence-electron chi connectivity index (χ0n) is 17.0. The second-order valence-corrected chi connectivity index (χ2v) is 10.5. The van der Waals surface area contributed by atoms with Crippen LogP contribution in [0, 0.1) is 0 Å². The standard InChI is InChI=1S/C21H42O2S2/c1-4-6-8-10-12-14-16-18-24-21(3,20(22)23)25-19-17-15-13-11-9-7-5-2/h4-19H2,1-3H3,(H,22,23). The third kappa shape index (κ3) is 15.0. The third-order valence-electron chi connectivity index (χ3n) is 4.64. The first-order chi connectivity index (χ1) is 12.1. The largest absolute Gasteiger partial charge is 0.480 e. The molecule has 2 nitrogen and oxygen atoms in total. The number of aliphatic carboxylic acids is 1. The van der Waals surface area contributed by atoms with Crippen LogP contribution in [0.25, 0.3) is 0 Å². The van der Waals surface area contributed by atoms with Gasteiger partial charge in [0.15, 0.2) is 4.08 Å². The van der Waals surface area contributed by atoms with E-state index in [2.05, 4.69) is 13.8 Å². The molecular formula is C21H42O2S2. The molecule has 0 aromatic heterocycles. The highest BCUT2D eigenvalue weighted by Crippen LogP contribution is 2.38. The summed E-state index contributed by atoms with van der Waals surface area (Å²) in [7, 11) is 0. The van der Waals surface area contributed by atoms with Gasteiger partial charge in [0.1, 0.15) is 0 Å². The van der Waals surface area contributed by atoms with Crippen LogP contribution in [0.5, 0.6) is 0 Å². The number of hydrogen-bond acceptors (Lipinski definition) is 3. The maximum absolute atomic E-state index is 11.7. The fourth-order valence-corrected chi connectivity index (χ4v) is 5.37. The predicted molar refractivity (Wildman–Crippen MR) is 117 cm³/mol. The van der Waals surface area contributed by atoms with Gasteiger partial charge in [-0.25, -0.2) is 4.79 Å². The molecule has 150 valence electrons. The van der Waals surface area contributed by atoms with E-state index in [4.69, 9.17) is 0 Å². The molecule has 0 aliphatic rings. The molecule has 0 fully saturated rings. The minimum atomic E-state index is -0.662. The number of hydrogen-bond donors (Lipinski definition) is 1. The van der Waals surface area contributed by atoms with Crippen LogP contribution in [0.15, 0.2) is 0 Å². The van der Waals surface area contributed by atoms with Crippen LogP contribution in [0.1, 0.15) is 111 Å². The van der Waals surface area contributed by atoms with Gasteiger partial charge >= 0.3 is 5.97 Å². The normalized spacial score (nSPS) is 11.8. The quantitative estimate of drug-likeness (QED) is 0.181. The Balaban J connectivity index is 3.73. The molecule has 0 aliphatic heterocycles. The lowest BCUT2D eigenvalue weighted by Crippen LogP contribution is -2.28. The van der Waals surface area contributed by atoms with Gasteiger partial charge in [-0.1, -0.05) is 90.9 Å². The van der Waals surface area contributed by atoms with Gasteiger partial charge in [0, 0.05) is 0 Å². The van der Waals surface area contributed by atoms with Gasteiger partial charge in [0.25, 0.3) is 0 Å².